The molecule has 2 heterocycles. The third-order valence-corrected chi connectivity index (χ3v) is 4.61. The second-order valence-electron chi connectivity index (χ2n) is 4.40. The summed E-state index contributed by atoms with van der Waals surface area (Å²) in [6.07, 6.45) is 3.73. The lowest BCUT2D eigenvalue weighted by molar-refractivity contribution is -0.127. The number of carbonyl (C=O) groups excluding carboxylic acids is 1. The van der Waals surface area contributed by atoms with Gasteiger partial charge in [-0.05, 0) is 6.07 Å². The van der Waals surface area contributed by atoms with Gasteiger partial charge in [0.05, 0.1) is 24.0 Å². The molecular weight excluding hydrogens is 292 g/mol. The highest BCUT2D eigenvalue weighted by atomic mass is 32.2. The molecule has 0 spiro atoms. The normalized spacial score (nSPS) is 10.5. The summed E-state index contributed by atoms with van der Waals surface area (Å²) in [5.41, 5.74) is 7.48. The number of thiazole rings is 1. The van der Waals surface area contributed by atoms with Gasteiger partial charge < -0.3 is 10.6 Å². The minimum Gasteiger partial charge on any atom is -0.397 e. The van der Waals surface area contributed by atoms with E-state index in [0.717, 1.165) is 21.3 Å². The second kappa shape index (κ2) is 6.71. The first-order valence-electron chi connectivity index (χ1n) is 6.02. The van der Waals surface area contributed by atoms with Crippen LogP contribution in [-0.4, -0.2) is 34.9 Å². The number of amides is 1. The van der Waals surface area contributed by atoms with Gasteiger partial charge in [-0.3, -0.25) is 9.78 Å². The summed E-state index contributed by atoms with van der Waals surface area (Å²) in [6.45, 7) is 0. The third kappa shape index (κ3) is 3.94. The van der Waals surface area contributed by atoms with Crippen molar-refractivity contribution in [2.24, 2.45) is 0 Å². The van der Waals surface area contributed by atoms with Crippen molar-refractivity contribution in [2.45, 2.75) is 17.1 Å². The molecule has 2 aromatic heterocycles. The van der Waals surface area contributed by atoms with Crippen LogP contribution < -0.4 is 5.73 Å². The highest BCUT2D eigenvalue weighted by Gasteiger charge is 2.10. The van der Waals surface area contributed by atoms with Crippen molar-refractivity contribution in [3.8, 4) is 0 Å². The topological polar surface area (TPSA) is 72.1 Å². The van der Waals surface area contributed by atoms with E-state index < -0.39 is 0 Å². The fourth-order valence-electron chi connectivity index (χ4n) is 1.46. The molecule has 106 valence electrons. The van der Waals surface area contributed by atoms with E-state index in [1.165, 1.54) is 11.3 Å². The summed E-state index contributed by atoms with van der Waals surface area (Å²) in [5, 5.41) is 2.84. The summed E-state index contributed by atoms with van der Waals surface area (Å²) >= 11 is 3.14. The Morgan fingerprint density at radius 2 is 2.30 bits per heavy atom. The van der Waals surface area contributed by atoms with Crippen LogP contribution in [0.1, 0.15) is 10.7 Å². The molecule has 2 aromatic rings. The molecule has 20 heavy (non-hydrogen) atoms. The number of aromatic nitrogens is 2. The minimum absolute atomic E-state index is 0.0666. The van der Waals surface area contributed by atoms with Crippen molar-refractivity contribution in [1.82, 2.24) is 14.9 Å². The van der Waals surface area contributed by atoms with Crippen LogP contribution in [0, 0.1) is 0 Å². The second-order valence-corrected chi connectivity index (χ2v) is 6.36. The lowest BCUT2D eigenvalue weighted by Gasteiger charge is -2.07. The molecule has 0 saturated carbocycles. The maximum atomic E-state index is 11.6. The van der Waals surface area contributed by atoms with E-state index in [1.54, 1.807) is 43.2 Å². The summed E-state index contributed by atoms with van der Waals surface area (Å²) in [4.78, 5) is 22.6. The number of thioether (sulfide) groups is 1. The predicted octanol–water partition coefficient (Wildman–Crippen LogP) is 2.04. The molecule has 0 saturated heterocycles. The maximum Gasteiger partial charge on any atom is 0.228 e. The Balaban J connectivity index is 1.93. The van der Waals surface area contributed by atoms with Gasteiger partial charge in [-0.1, -0.05) is 0 Å². The number of nitrogens with zero attached hydrogens (tertiary/aromatic N) is 3. The lowest BCUT2D eigenvalue weighted by Crippen LogP contribution is -2.23. The van der Waals surface area contributed by atoms with Crippen molar-refractivity contribution in [3.63, 3.8) is 0 Å². The monoisotopic (exact) mass is 308 g/mol. The van der Waals surface area contributed by atoms with Crippen LogP contribution >= 0.6 is 23.1 Å². The van der Waals surface area contributed by atoms with E-state index in [2.05, 4.69) is 9.97 Å². The van der Waals surface area contributed by atoms with Crippen molar-refractivity contribution in [1.29, 1.82) is 0 Å². The van der Waals surface area contributed by atoms with Crippen LogP contribution in [0.2, 0.25) is 0 Å². The average Bonchev–Trinajstić information content (AvgIpc) is 2.85. The molecule has 0 aliphatic carbocycles. The average molecular weight is 308 g/mol. The molecule has 5 nitrogen and oxygen atoms in total. The van der Waals surface area contributed by atoms with Crippen LogP contribution in [0.5, 0.6) is 0 Å². The fourth-order valence-corrected chi connectivity index (χ4v) is 3.18. The van der Waals surface area contributed by atoms with Gasteiger partial charge in [0.2, 0.25) is 5.91 Å². The standard InChI is InChI=1S/C13H16N4OS2/c1-17(2)13(18)5-12-16-9(8-20-12)7-19-11-3-4-15-6-10(11)14/h3-4,6,8H,5,7,14H2,1-2H3. The number of nitrogen functional groups attached to an aromatic ring is 1. The number of hydrogen-bond acceptors (Lipinski definition) is 6. The molecule has 2 rings (SSSR count). The number of carbonyl (C=O) groups is 1. The van der Waals surface area contributed by atoms with Crippen molar-refractivity contribution >= 4 is 34.7 Å². The number of anilines is 1. The Kier molecular flexibility index (Phi) is 4.97. The summed E-state index contributed by atoms with van der Waals surface area (Å²) in [5.74, 6) is 0.804. The SMILES string of the molecule is CN(C)C(=O)Cc1nc(CSc2ccncc2N)cs1. The summed E-state index contributed by atoms with van der Waals surface area (Å²) in [7, 11) is 3.50. The van der Waals surface area contributed by atoms with Gasteiger partial charge in [0.1, 0.15) is 5.01 Å². The number of likely N-dealkylation sites (N-methyl/N-ethyl adjacent to an activating group) is 1. The van der Waals surface area contributed by atoms with E-state index in [0.29, 0.717) is 12.1 Å². The maximum absolute atomic E-state index is 11.6. The van der Waals surface area contributed by atoms with Gasteiger partial charge in [-0.2, -0.15) is 0 Å². The Labute approximate surface area is 126 Å². The van der Waals surface area contributed by atoms with Crippen LogP contribution in [0.3, 0.4) is 0 Å². The number of pyridine rings is 1. The molecule has 0 radical (unpaired) electrons. The highest BCUT2D eigenvalue weighted by molar-refractivity contribution is 7.98. The zero-order chi connectivity index (χ0) is 14.5. The Bertz CT molecular complexity index is 598. The molecule has 0 atom stereocenters. The molecule has 0 aromatic carbocycles. The first-order chi connectivity index (χ1) is 9.56. The van der Waals surface area contributed by atoms with Crippen molar-refractivity contribution in [2.75, 3.05) is 19.8 Å². The smallest absolute Gasteiger partial charge is 0.228 e. The molecule has 0 fully saturated rings. The molecule has 0 unspecified atom stereocenters. The lowest BCUT2D eigenvalue weighted by atomic mass is 10.4. The van der Waals surface area contributed by atoms with E-state index in [4.69, 9.17) is 5.73 Å². The van der Waals surface area contributed by atoms with Gasteiger partial charge >= 0.3 is 0 Å². The summed E-state index contributed by atoms with van der Waals surface area (Å²) in [6, 6.07) is 1.89. The first-order valence-corrected chi connectivity index (χ1v) is 7.88. The van der Waals surface area contributed by atoms with Crippen LogP contribution in [0.25, 0.3) is 0 Å². The Hall–Kier alpha value is -1.60. The fraction of sp³-hybridized carbons (Fsp3) is 0.308. The zero-order valence-electron chi connectivity index (χ0n) is 11.4. The highest BCUT2D eigenvalue weighted by Crippen LogP contribution is 2.27. The number of hydrogen-bond donors (Lipinski definition) is 1. The van der Waals surface area contributed by atoms with Gasteiger partial charge in [0.25, 0.3) is 0 Å². The molecule has 0 aliphatic heterocycles. The van der Waals surface area contributed by atoms with E-state index in [1.807, 2.05) is 11.4 Å². The molecular formula is C13H16N4OS2. The first kappa shape index (κ1) is 14.8. The molecule has 0 bridgehead atoms. The van der Waals surface area contributed by atoms with E-state index in [9.17, 15) is 4.79 Å². The Morgan fingerprint density at radius 1 is 1.50 bits per heavy atom. The van der Waals surface area contributed by atoms with Gasteiger partial charge in [0, 0.05) is 36.3 Å². The van der Waals surface area contributed by atoms with Gasteiger partial charge in [0.15, 0.2) is 0 Å². The third-order valence-electron chi connectivity index (χ3n) is 2.59. The van der Waals surface area contributed by atoms with E-state index in [-0.39, 0.29) is 5.91 Å². The predicted molar refractivity (Wildman–Crippen MR) is 82.7 cm³/mol. The largest absolute Gasteiger partial charge is 0.397 e. The van der Waals surface area contributed by atoms with Crippen LogP contribution in [0.15, 0.2) is 28.7 Å². The minimum atomic E-state index is 0.0666. The molecule has 2 N–H and O–H groups in total. The van der Waals surface area contributed by atoms with Crippen LogP contribution in [-0.2, 0) is 17.0 Å². The molecule has 7 heteroatoms. The van der Waals surface area contributed by atoms with Crippen LogP contribution in [0.4, 0.5) is 5.69 Å². The van der Waals surface area contributed by atoms with E-state index >= 15 is 0 Å². The number of rotatable bonds is 5. The summed E-state index contributed by atoms with van der Waals surface area (Å²) < 4.78 is 0. The van der Waals surface area contributed by atoms with Gasteiger partial charge in [-0.25, -0.2) is 4.98 Å². The van der Waals surface area contributed by atoms with Crippen molar-refractivity contribution in [3.05, 3.63) is 34.5 Å². The quantitative estimate of drug-likeness (QED) is 0.856. The number of nitrogens with two attached hydrogens (primary N) is 1. The Morgan fingerprint density at radius 3 is 3.00 bits per heavy atom. The molecule has 1 amide bonds. The van der Waals surface area contributed by atoms with Crippen molar-refractivity contribution < 1.29 is 4.79 Å². The zero-order valence-corrected chi connectivity index (χ0v) is 13.0. The molecule has 0 aliphatic rings. The van der Waals surface area contributed by atoms with Gasteiger partial charge in [-0.15, -0.1) is 23.1 Å².